The van der Waals surface area contributed by atoms with E-state index in [1.165, 1.54) is 24.3 Å². The molecular formula is C15H12F3NO2. The van der Waals surface area contributed by atoms with Crippen molar-refractivity contribution >= 4 is 11.5 Å². The van der Waals surface area contributed by atoms with Crippen LogP contribution >= 0.6 is 0 Å². The van der Waals surface area contributed by atoms with Gasteiger partial charge in [-0.15, -0.1) is 13.2 Å². The normalized spacial score (nSPS) is 11.2. The number of para-hydroxylation sites is 1. The number of carbonyl (C=O) groups excluding carboxylic acids is 1. The number of ether oxygens (including phenoxy) is 1. The second kappa shape index (κ2) is 5.87. The first-order valence-electron chi connectivity index (χ1n) is 6.07. The minimum Gasteiger partial charge on any atom is -0.406 e. The van der Waals surface area contributed by atoms with Crippen LogP contribution < -0.4 is 10.5 Å². The van der Waals surface area contributed by atoms with Crippen molar-refractivity contribution in [2.45, 2.75) is 12.8 Å². The van der Waals surface area contributed by atoms with Crippen molar-refractivity contribution in [2.24, 2.45) is 0 Å². The minimum absolute atomic E-state index is 0.0561. The Hall–Kier alpha value is -2.50. The van der Waals surface area contributed by atoms with E-state index in [-0.39, 0.29) is 18.0 Å². The Morgan fingerprint density at radius 3 is 2.24 bits per heavy atom. The summed E-state index contributed by atoms with van der Waals surface area (Å²) in [6.45, 7) is 0. The van der Waals surface area contributed by atoms with Gasteiger partial charge in [-0.2, -0.15) is 0 Å². The number of rotatable bonds is 4. The van der Waals surface area contributed by atoms with Crippen LogP contribution in [0.1, 0.15) is 15.9 Å². The van der Waals surface area contributed by atoms with E-state index < -0.39 is 6.36 Å². The Balaban J connectivity index is 2.07. The quantitative estimate of drug-likeness (QED) is 0.692. The fourth-order valence-electron chi connectivity index (χ4n) is 1.84. The molecule has 0 unspecified atom stereocenters. The van der Waals surface area contributed by atoms with Crippen molar-refractivity contribution in [3.8, 4) is 5.75 Å². The Bertz CT molecular complexity index is 636. The lowest BCUT2D eigenvalue weighted by molar-refractivity contribution is -0.274. The van der Waals surface area contributed by atoms with Gasteiger partial charge in [-0.05, 0) is 29.8 Å². The first-order chi connectivity index (χ1) is 9.85. The lowest BCUT2D eigenvalue weighted by atomic mass is 10.0. The molecule has 110 valence electrons. The van der Waals surface area contributed by atoms with E-state index >= 15 is 0 Å². The summed E-state index contributed by atoms with van der Waals surface area (Å²) < 4.78 is 39.8. The smallest absolute Gasteiger partial charge is 0.406 e. The van der Waals surface area contributed by atoms with Gasteiger partial charge >= 0.3 is 6.36 Å². The van der Waals surface area contributed by atoms with Crippen LogP contribution in [-0.4, -0.2) is 12.1 Å². The zero-order chi connectivity index (χ0) is 15.5. The molecule has 2 aromatic carbocycles. The molecule has 21 heavy (non-hydrogen) atoms. The van der Waals surface area contributed by atoms with Gasteiger partial charge < -0.3 is 10.5 Å². The van der Waals surface area contributed by atoms with Crippen LogP contribution in [0.2, 0.25) is 0 Å². The van der Waals surface area contributed by atoms with Crippen LogP contribution in [0.5, 0.6) is 5.75 Å². The molecule has 0 heterocycles. The van der Waals surface area contributed by atoms with Crippen molar-refractivity contribution in [3.05, 3.63) is 59.7 Å². The molecule has 2 N–H and O–H groups in total. The number of benzene rings is 2. The van der Waals surface area contributed by atoms with E-state index in [1.54, 1.807) is 24.3 Å². The average molecular weight is 295 g/mol. The molecule has 0 saturated heterocycles. The topological polar surface area (TPSA) is 52.3 Å². The third-order valence-electron chi connectivity index (χ3n) is 2.78. The van der Waals surface area contributed by atoms with Gasteiger partial charge in [0.15, 0.2) is 5.78 Å². The molecule has 0 aliphatic rings. The van der Waals surface area contributed by atoms with E-state index in [2.05, 4.69) is 4.74 Å². The second-order valence-corrected chi connectivity index (χ2v) is 4.38. The number of hydrogen-bond donors (Lipinski definition) is 1. The first-order valence-corrected chi connectivity index (χ1v) is 6.07. The molecule has 0 aliphatic heterocycles. The van der Waals surface area contributed by atoms with Crippen molar-refractivity contribution in [2.75, 3.05) is 5.73 Å². The molecule has 0 aromatic heterocycles. The van der Waals surface area contributed by atoms with Crippen molar-refractivity contribution < 1.29 is 22.7 Å². The van der Waals surface area contributed by atoms with Crippen molar-refractivity contribution in [1.29, 1.82) is 0 Å². The summed E-state index contributed by atoms with van der Waals surface area (Å²) in [7, 11) is 0. The number of halogens is 3. The number of ketones is 1. The van der Waals surface area contributed by atoms with E-state index in [0.717, 1.165) is 0 Å². The number of hydrogen-bond acceptors (Lipinski definition) is 3. The zero-order valence-corrected chi connectivity index (χ0v) is 10.9. The second-order valence-electron chi connectivity index (χ2n) is 4.38. The van der Waals surface area contributed by atoms with Gasteiger partial charge in [-0.25, -0.2) is 0 Å². The van der Waals surface area contributed by atoms with Crippen LogP contribution in [0.25, 0.3) is 0 Å². The lowest BCUT2D eigenvalue weighted by Gasteiger charge is -2.09. The monoisotopic (exact) mass is 295 g/mol. The maximum Gasteiger partial charge on any atom is 0.573 e. The highest BCUT2D eigenvalue weighted by molar-refractivity contribution is 6.01. The van der Waals surface area contributed by atoms with E-state index in [0.29, 0.717) is 16.8 Å². The molecule has 2 rings (SSSR count). The molecule has 2 aromatic rings. The fraction of sp³-hybridized carbons (Fsp3) is 0.133. The fourth-order valence-corrected chi connectivity index (χ4v) is 1.84. The highest BCUT2D eigenvalue weighted by Gasteiger charge is 2.30. The number of carbonyl (C=O) groups is 1. The number of alkyl halides is 3. The molecule has 0 amide bonds. The Kier molecular flexibility index (Phi) is 4.16. The van der Waals surface area contributed by atoms with Gasteiger partial charge in [0.1, 0.15) is 5.75 Å². The summed E-state index contributed by atoms with van der Waals surface area (Å²) in [6.07, 6.45) is -4.67. The largest absolute Gasteiger partial charge is 0.573 e. The molecule has 0 bridgehead atoms. The van der Waals surface area contributed by atoms with Gasteiger partial charge in [-0.1, -0.05) is 24.3 Å². The zero-order valence-electron chi connectivity index (χ0n) is 10.9. The van der Waals surface area contributed by atoms with Gasteiger partial charge in [0.05, 0.1) is 0 Å². The summed E-state index contributed by atoms with van der Waals surface area (Å²) in [6, 6.07) is 11.8. The summed E-state index contributed by atoms with van der Waals surface area (Å²) in [5.74, 6) is -0.518. The summed E-state index contributed by atoms with van der Waals surface area (Å²) >= 11 is 0. The molecule has 0 aliphatic carbocycles. The lowest BCUT2D eigenvalue weighted by Crippen LogP contribution is -2.17. The maximum absolute atomic E-state index is 12.1. The minimum atomic E-state index is -4.73. The average Bonchev–Trinajstić information content (AvgIpc) is 2.40. The van der Waals surface area contributed by atoms with Crippen molar-refractivity contribution in [3.63, 3.8) is 0 Å². The Labute approximate surface area is 119 Å². The van der Waals surface area contributed by atoms with E-state index in [4.69, 9.17) is 5.73 Å². The number of nitrogens with two attached hydrogens (primary N) is 1. The molecule has 0 atom stereocenters. The molecular weight excluding hydrogens is 283 g/mol. The molecule has 6 heteroatoms. The van der Waals surface area contributed by atoms with Crippen LogP contribution in [0.3, 0.4) is 0 Å². The van der Waals surface area contributed by atoms with Crippen LogP contribution in [0, 0.1) is 0 Å². The molecule has 0 fully saturated rings. The Morgan fingerprint density at radius 2 is 1.67 bits per heavy atom. The van der Waals surface area contributed by atoms with Gasteiger partial charge in [-0.3, -0.25) is 4.79 Å². The Morgan fingerprint density at radius 1 is 1.05 bits per heavy atom. The first kappa shape index (κ1) is 14.9. The highest BCUT2D eigenvalue weighted by Crippen LogP contribution is 2.23. The van der Waals surface area contributed by atoms with Gasteiger partial charge in [0.25, 0.3) is 0 Å². The van der Waals surface area contributed by atoms with Gasteiger partial charge in [0, 0.05) is 17.7 Å². The molecule has 0 saturated carbocycles. The number of Topliss-reactive ketones (excluding diaryl/α,β-unsaturated/α-hetero) is 1. The van der Waals surface area contributed by atoms with E-state index in [9.17, 15) is 18.0 Å². The predicted octanol–water partition coefficient (Wildman–Crippen LogP) is 3.59. The van der Waals surface area contributed by atoms with Gasteiger partial charge in [0.2, 0.25) is 0 Å². The predicted molar refractivity (Wildman–Crippen MR) is 72.0 cm³/mol. The van der Waals surface area contributed by atoms with Crippen molar-refractivity contribution in [1.82, 2.24) is 0 Å². The summed E-state index contributed by atoms with van der Waals surface area (Å²) in [4.78, 5) is 12.1. The molecule has 0 spiro atoms. The van der Waals surface area contributed by atoms with Crippen LogP contribution in [0.4, 0.5) is 18.9 Å². The number of anilines is 1. The van der Waals surface area contributed by atoms with E-state index in [1.807, 2.05) is 0 Å². The molecule has 3 nitrogen and oxygen atoms in total. The third-order valence-corrected chi connectivity index (χ3v) is 2.78. The molecule has 0 radical (unpaired) electrons. The SMILES string of the molecule is Nc1ccccc1C(=O)Cc1ccc(OC(F)(F)F)cc1. The standard InChI is InChI=1S/C15H12F3NO2/c16-15(17,18)21-11-7-5-10(6-8-11)9-14(20)12-3-1-2-4-13(12)19/h1-8H,9,19H2. The third kappa shape index (κ3) is 4.24. The maximum atomic E-state index is 12.1. The van der Waals surface area contributed by atoms with Crippen LogP contribution in [0.15, 0.2) is 48.5 Å². The highest BCUT2D eigenvalue weighted by atomic mass is 19.4. The summed E-state index contributed by atoms with van der Waals surface area (Å²) in [5, 5.41) is 0. The number of nitrogen functional groups attached to an aromatic ring is 1. The van der Waals surface area contributed by atoms with Crippen LogP contribution in [-0.2, 0) is 6.42 Å². The summed E-state index contributed by atoms with van der Waals surface area (Å²) in [5.41, 5.74) is 7.06.